The fourth-order valence-electron chi connectivity index (χ4n) is 7.90. The number of fused-ring (bicyclic) bond motifs is 8. The van der Waals surface area contributed by atoms with Crippen molar-refractivity contribution in [2.75, 3.05) is 0 Å². The van der Waals surface area contributed by atoms with Gasteiger partial charge in [-0.15, -0.1) is 0 Å². The first kappa shape index (κ1) is 29.9. The van der Waals surface area contributed by atoms with E-state index in [-0.39, 0.29) is 0 Å². The van der Waals surface area contributed by atoms with Crippen LogP contribution in [0.3, 0.4) is 0 Å². The lowest BCUT2D eigenvalue weighted by atomic mass is 10.0. The molecule has 0 saturated carbocycles. The topological polar surface area (TPSA) is 48.8 Å². The second kappa shape index (κ2) is 11.8. The lowest BCUT2D eigenvalue weighted by Gasteiger charge is -2.12. The molecule has 4 aromatic heterocycles. The van der Waals surface area contributed by atoms with Crippen LogP contribution in [0.15, 0.2) is 169 Å². The van der Waals surface area contributed by atoms with Crippen LogP contribution in [0.5, 0.6) is 0 Å². The molecular weight excluding hydrogens is 637 g/mol. The van der Waals surface area contributed by atoms with Gasteiger partial charge in [-0.3, -0.25) is 4.57 Å². The molecule has 0 radical (unpaired) electrons. The molecule has 246 valence electrons. The number of nitrogens with zero attached hydrogens (tertiary/aromatic N) is 4. The van der Waals surface area contributed by atoms with Gasteiger partial charge < -0.3 is 8.98 Å². The summed E-state index contributed by atoms with van der Waals surface area (Å²) >= 11 is 0. The molecule has 0 aliphatic rings. The molecule has 0 bridgehead atoms. The van der Waals surface area contributed by atoms with Crippen molar-refractivity contribution >= 4 is 60.7 Å². The molecule has 0 unspecified atom stereocenters. The first-order chi connectivity index (χ1) is 25.7. The number of hydrogen-bond acceptors (Lipinski definition) is 3. The van der Waals surface area contributed by atoms with Crippen molar-refractivity contribution in [1.29, 1.82) is 0 Å². The minimum Gasteiger partial charge on any atom is -0.456 e. The molecule has 0 saturated heterocycles. The van der Waals surface area contributed by atoms with E-state index in [1.54, 1.807) is 0 Å². The van der Waals surface area contributed by atoms with E-state index in [1.165, 1.54) is 5.39 Å². The van der Waals surface area contributed by atoms with Crippen LogP contribution in [-0.2, 0) is 0 Å². The van der Waals surface area contributed by atoms with Crippen molar-refractivity contribution in [1.82, 2.24) is 19.1 Å². The highest BCUT2D eigenvalue weighted by molar-refractivity contribution is 6.23. The van der Waals surface area contributed by atoms with E-state index in [1.807, 2.05) is 42.5 Å². The Bertz CT molecular complexity index is 3030. The highest BCUT2D eigenvalue weighted by atomic mass is 16.3. The molecule has 0 atom stereocenters. The van der Waals surface area contributed by atoms with E-state index in [9.17, 15) is 0 Å². The van der Waals surface area contributed by atoms with Gasteiger partial charge in [0.1, 0.15) is 11.2 Å². The highest BCUT2D eigenvalue weighted by Crippen LogP contribution is 2.42. The average molecular weight is 669 g/mol. The Morgan fingerprint density at radius 2 is 1.25 bits per heavy atom. The predicted octanol–water partition coefficient (Wildman–Crippen LogP) is 12.3. The van der Waals surface area contributed by atoms with E-state index in [4.69, 9.17) is 14.4 Å². The quantitative estimate of drug-likeness (QED) is 0.166. The molecule has 0 spiro atoms. The first-order valence-electron chi connectivity index (χ1n) is 17.5. The molecule has 52 heavy (non-hydrogen) atoms. The van der Waals surface area contributed by atoms with Gasteiger partial charge in [0.25, 0.3) is 0 Å². The number of furan rings is 1. The summed E-state index contributed by atoms with van der Waals surface area (Å²) in [5.41, 5.74) is 12.0. The molecule has 0 N–H and O–H groups in total. The van der Waals surface area contributed by atoms with Crippen LogP contribution >= 0.6 is 0 Å². The van der Waals surface area contributed by atoms with Gasteiger partial charge in [-0.1, -0.05) is 122 Å². The number of allylic oxidation sites excluding steroid dienone is 2. The fourth-order valence-corrected chi connectivity index (χ4v) is 7.90. The Labute approximate surface area is 300 Å². The molecule has 5 heteroatoms. The van der Waals surface area contributed by atoms with Crippen LogP contribution in [0.2, 0.25) is 0 Å². The van der Waals surface area contributed by atoms with Crippen LogP contribution in [0, 0.1) is 6.92 Å². The second-order valence-electron chi connectivity index (χ2n) is 13.1. The Balaban J connectivity index is 1.32. The zero-order chi connectivity index (χ0) is 34.8. The molecule has 4 heterocycles. The van der Waals surface area contributed by atoms with Gasteiger partial charge >= 0.3 is 0 Å². The van der Waals surface area contributed by atoms with Crippen molar-refractivity contribution in [2.45, 2.75) is 6.92 Å². The van der Waals surface area contributed by atoms with E-state index in [2.05, 4.69) is 144 Å². The van der Waals surface area contributed by atoms with Crippen molar-refractivity contribution in [3.05, 3.63) is 176 Å². The summed E-state index contributed by atoms with van der Waals surface area (Å²) in [4.78, 5) is 10.7. The summed E-state index contributed by atoms with van der Waals surface area (Å²) in [5, 5.41) is 5.59. The van der Waals surface area contributed by atoms with Gasteiger partial charge in [0.15, 0.2) is 0 Å². The average Bonchev–Trinajstić information content (AvgIpc) is 3.84. The number of para-hydroxylation sites is 3. The highest BCUT2D eigenvalue weighted by Gasteiger charge is 2.23. The van der Waals surface area contributed by atoms with Crippen LogP contribution in [-0.4, -0.2) is 19.1 Å². The smallest absolute Gasteiger partial charge is 0.235 e. The van der Waals surface area contributed by atoms with Crippen LogP contribution in [0.4, 0.5) is 0 Å². The zero-order valence-corrected chi connectivity index (χ0v) is 28.5. The summed E-state index contributed by atoms with van der Waals surface area (Å²) in [5.74, 6) is 0.606. The summed E-state index contributed by atoms with van der Waals surface area (Å²) in [6.07, 6.45) is 6.03. The third-order valence-corrected chi connectivity index (χ3v) is 10.1. The molecule has 0 amide bonds. The molecule has 0 aliphatic carbocycles. The fraction of sp³-hybridized carbons (Fsp3) is 0.0213. The van der Waals surface area contributed by atoms with Crippen molar-refractivity contribution in [2.24, 2.45) is 0 Å². The van der Waals surface area contributed by atoms with Gasteiger partial charge in [0, 0.05) is 55.0 Å². The van der Waals surface area contributed by atoms with Crippen molar-refractivity contribution < 1.29 is 4.42 Å². The number of rotatable bonds is 6. The Morgan fingerprint density at radius 3 is 2.06 bits per heavy atom. The maximum Gasteiger partial charge on any atom is 0.235 e. The van der Waals surface area contributed by atoms with E-state index < -0.39 is 0 Å². The molecule has 10 aromatic rings. The summed E-state index contributed by atoms with van der Waals surface area (Å²) in [7, 11) is 0. The Morgan fingerprint density at radius 1 is 0.577 bits per heavy atom. The monoisotopic (exact) mass is 668 g/mol. The van der Waals surface area contributed by atoms with Gasteiger partial charge in [0.05, 0.1) is 27.9 Å². The van der Waals surface area contributed by atoms with Gasteiger partial charge in [-0.2, -0.15) is 0 Å². The minimum atomic E-state index is 0.606. The maximum absolute atomic E-state index is 6.31. The SMILES string of the molecule is C=C/C=C\c1c(C)n(-c2ccccc2)c2ccc3c(c4ccccc4n3-c3nc(-c4ccccc4)cc(-c4cccc5oc6ccccc6c45)n3)c12. The Kier molecular flexibility index (Phi) is 6.80. The molecule has 0 aliphatic heterocycles. The van der Waals surface area contributed by atoms with E-state index in [0.29, 0.717) is 5.95 Å². The molecule has 5 nitrogen and oxygen atoms in total. The van der Waals surface area contributed by atoms with Crippen molar-refractivity contribution in [3.8, 4) is 34.2 Å². The van der Waals surface area contributed by atoms with Gasteiger partial charge in [-0.05, 0) is 55.5 Å². The summed E-state index contributed by atoms with van der Waals surface area (Å²) < 4.78 is 10.9. The van der Waals surface area contributed by atoms with Gasteiger partial charge in [0.2, 0.25) is 5.95 Å². The summed E-state index contributed by atoms with van der Waals surface area (Å²) in [6, 6.07) is 50.4. The lowest BCUT2D eigenvalue weighted by Crippen LogP contribution is -2.04. The standard InChI is InChI=1S/C47H32N4O/c1-3-4-20-33-30(2)50(32-18-9-6-10-19-32)40-27-28-41-46(45(33)40)35-21-11-13-24-39(35)51(41)47-48-37(31-16-7-5-8-17-31)29-38(49-47)34-23-15-26-43-44(34)36-22-12-14-25-42(36)52-43/h3-29H,1H2,2H3/b20-4-. The third-order valence-electron chi connectivity index (χ3n) is 10.1. The molecule has 6 aromatic carbocycles. The molecular formula is C47H32N4O. The van der Waals surface area contributed by atoms with Crippen molar-refractivity contribution in [3.63, 3.8) is 0 Å². The second-order valence-corrected chi connectivity index (χ2v) is 13.1. The first-order valence-corrected chi connectivity index (χ1v) is 17.5. The number of aromatic nitrogens is 4. The predicted molar refractivity (Wildman–Crippen MR) is 215 cm³/mol. The number of hydrogen-bond donors (Lipinski definition) is 0. The normalized spacial score (nSPS) is 11.9. The minimum absolute atomic E-state index is 0.606. The van der Waals surface area contributed by atoms with Gasteiger partial charge in [-0.25, -0.2) is 9.97 Å². The van der Waals surface area contributed by atoms with Crippen LogP contribution in [0.1, 0.15) is 11.3 Å². The molecule has 0 fully saturated rings. The largest absolute Gasteiger partial charge is 0.456 e. The van der Waals surface area contributed by atoms with Crippen LogP contribution in [0.25, 0.3) is 94.9 Å². The summed E-state index contributed by atoms with van der Waals surface area (Å²) in [6.45, 7) is 6.18. The maximum atomic E-state index is 6.31. The van der Waals surface area contributed by atoms with E-state index in [0.717, 1.165) is 88.7 Å². The molecule has 10 rings (SSSR count). The number of benzene rings is 6. The third kappa shape index (κ3) is 4.49. The Hall–Kier alpha value is -6.98. The zero-order valence-electron chi connectivity index (χ0n) is 28.5. The lowest BCUT2D eigenvalue weighted by molar-refractivity contribution is 0.669. The van der Waals surface area contributed by atoms with Crippen LogP contribution < -0.4 is 0 Å². The van der Waals surface area contributed by atoms with E-state index >= 15 is 0 Å².